The minimum absolute atomic E-state index is 0.788. The van der Waals surface area contributed by atoms with E-state index in [9.17, 15) is 0 Å². The van der Waals surface area contributed by atoms with Gasteiger partial charge in [0.15, 0.2) is 0 Å². The van der Waals surface area contributed by atoms with Crippen molar-refractivity contribution in [3.05, 3.63) is 0 Å². The fourth-order valence-corrected chi connectivity index (χ4v) is 2.83. The van der Waals surface area contributed by atoms with Crippen LogP contribution in [-0.2, 0) is 4.74 Å². The molecule has 1 aliphatic carbocycles. The van der Waals surface area contributed by atoms with Crippen LogP contribution < -0.4 is 5.32 Å². The van der Waals surface area contributed by atoms with Crippen molar-refractivity contribution in [1.82, 2.24) is 5.32 Å². The molecule has 2 aliphatic rings. The third-order valence-electron chi connectivity index (χ3n) is 3.91. The Bertz CT molecular complexity index is 160. The summed E-state index contributed by atoms with van der Waals surface area (Å²) in [6, 6.07) is 0. The van der Waals surface area contributed by atoms with Crippen LogP contribution in [0.1, 0.15) is 44.9 Å². The van der Waals surface area contributed by atoms with Gasteiger partial charge in [0.05, 0.1) is 6.61 Å². The van der Waals surface area contributed by atoms with Crippen molar-refractivity contribution in [3.63, 3.8) is 0 Å². The smallest absolute Gasteiger partial charge is 0.0506 e. The number of hydrogen-bond acceptors (Lipinski definition) is 2. The topological polar surface area (TPSA) is 21.3 Å². The molecule has 2 heteroatoms. The number of ether oxygens (including phenoxy) is 1. The van der Waals surface area contributed by atoms with Crippen molar-refractivity contribution in [1.29, 1.82) is 0 Å². The average molecular weight is 211 g/mol. The molecule has 1 aliphatic heterocycles. The summed E-state index contributed by atoms with van der Waals surface area (Å²) < 4.78 is 5.78. The van der Waals surface area contributed by atoms with Gasteiger partial charge in [-0.05, 0) is 31.2 Å². The molecule has 0 aromatic carbocycles. The van der Waals surface area contributed by atoms with Crippen LogP contribution in [0.3, 0.4) is 0 Å². The first kappa shape index (κ1) is 11.4. The standard InChI is InChI=1S/C13H25NO/c1-2-4-12(5-3-1)7-9-15-11-13-6-8-14-10-13/h12-14H,1-11H2. The molecule has 0 aromatic rings. The van der Waals surface area contributed by atoms with Gasteiger partial charge in [-0.1, -0.05) is 32.1 Å². The summed E-state index contributed by atoms with van der Waals surface area (Å²) in [6.07, 6.45) is 9.89. The maximum atomic E-state index is 5.78. The van der Waals surface area contributed by atoms with E-state index in [1.165, 1.54) is 58.0 Å². The lowest BCUT2D eigenvalue weighted by Gasteiger charge is -2.21. The number of hydrogen-bond donors (Lipinski definition) is 1. The van der Waals surface area contributed by atoms with Gasteiger partial charge in [0, 0.05) is 13.2 Å². The predicted molar refractivity (Wildman–Crippen MR) is 63.0 cm³/mol. The van der Waals surface area contributed by atoms with Crippen LogP contribution in [0.4, 0.5) is 0 Å². The SMILES string of the molecule is C1CCC(CCOCC2CCNC2)CC1. The third-order valence-corrected chi connectivity index (χ3v) is 3.91. The van der Waals surface area contributed by atoms with Crippen molar-refractivity contribution < 1.29 is 4.74 Å². The molecular weight excluding hydrogens is 186 g/mol. The van der Waals surface area contributed by atoms with Crippen LogP contribution in [0.15, 0.2) is 0 Å². The van der Waals surface area contributed by atoms with Crippen LogP contribution in [0.5, 0.6) is 0 Å². The van der Waals surface area contributed by atoms with Crippen LogP contribution in [-0.4, -0.2) is 26.3 Å². The highest BCUT2D eigenvalue weighted by atomic mass is 16.5. The fourth-order valence-electron chi connectivity index (χ4n) is 2.83. The Morgan fingerprint density at radius 3 is 2.60 bits per heavy atom. The first-order chi connectivity index (χ1) is 7.45. The Labute approximate surface area is 93.8 Å². The van der Waals surface area contributed by atoms with E-state index in [2.05, 4.69) is 5.32 Å². The molecule has 15 heavy (non-hydrogen) atoms. The lowest BCUT2D eigenvalue weighted by Crippen LogP contribution is -2.15. The molecule has 0 spiro atoms. The average Bonchev–Trinajstić information content (AvgIpc) is 2.79. The van der Waals surface area contributed by atoms with Crippen LogP contribution in [0.25, 0.3) is 0 Å². The maximum Gasteiger partial charge on any atom is 0.0506 e. The van der Waals surface area contributed by atoms with E-state index in [-0.39, 0.29) is 0 Å². The first-order valence-corrected chi connectivity index (χ1v) is 6.73. The molecule has 0 bridgehead atoms. The van der Waals surface area contributed by atoms with E-state index >= 15 is 0 Å². The lowest BCUT2D eigenvalue weighted by atomic mass is 9.87. The Hall–Kier alpha value is -0.0800. The van der Waals surface area contributed by atoms with E-state index in [0.29, 0.717) is 0 Å². The molecule has 88 valence electrons. The largest absolute Gasteiger partial charge is 0.381 e. The van der Waals surface area contributed by atoms with Gasteiger partial charge in [-0.15, -0.1) is 0 Å². The van der Waals surface area contributed by atoms with Gasteiger partial charge in [0.2, 0.25) is 0 Å². The van der Waals surface area contributed by atoms with E-state index in [4.69, 9.17) is 4.74 Å². The monoisotopic (exact) mass is 211 g/mol. The highest BCUT2D eigenvalue weighted by Crippen LogP contribution is 2.26. The molecule has 1 saturated heterocycles. The lowest BCUT2D eigenvalue weighted by molar-refractivity contribution is 0.0890. The van der Waals surface area contributed by atoms with E-state index < -0.39 is 0 Å². The molecule has 2 nitrogen and oxygen atoms in total. The fraction of sp³-hybridized carbons (Fsp3) is 1.00. The molecule has 2 rings (SSSR count). The van der Waals surface area contributed by atoms with Gasteiger partial charge in [0.25, 0.3) is 0 Å². The van der Waals surface area contributed by atoms with Gasteiger partial charge in [-0.25, -0.2) is 0 Å². The van der Waals surface area contributed by atoms with E-state index in [1.807, 2.05) is 0 Å². The Morgan fingerprint density at radius 1 is 1.00 bits per heavy atom. The van der Waals surface area contributed by atoms with Crippen LogP contribution >= 0.6 is 0 Å². The van der Waals surface area contributed by atoms with Crippen LogP contribution in [0, 0.1) is 11.8 Å². The summed E-state index contributed by atoms with van der Waals surface area (Å²) in [5, 5.41) is 3.38. The number of nitrogens with one attached hydrogen (secondary N) is 1. The third kappa shape index (κ3) is 4.12. The van der Waals surface area contributed by atoms with Crippen molar-refractivity contribution in [2.75, 3.05) is 26.3 Å². The van der Waals surface area contributed by atoms with E-state index in [1.54, 1.807) is 0 Å². The Morgan fingerprint density at radius 2 is 1.87 bits per heavy atom. The normalized spacial score (nSPS) is 28.4. The van der Waals surface area contributed by atoms with Crippen molar-refractivity contribution in [2.24, 2.45) is 11.8 Å². The summed E-state index contributed by atoms with van der Waals surface area (Å²) in [7, 11) is 0. The second-order valence-electron chi connectivity index (χ2n) is 5.23. The summed E-state index contributed by atoms with van der Waals surface area (Å²) in [5.41, 5.74) is 0. The van der Waals surface area contributed by atoms with Crippen LogP contribution in [0.2, 0.25) is 0 Å². The molecule has 0 aromatic heterocycles. The molecular formula is C13H25NO. The molecule has 1 N–H and O–H groups in total. The quantitative estimate of drug-likeness (QED) is 0.706. The molecule has 0 amide bonds. The Kier molecular flexibility index (Phi) is 4.94. The first-order valence-electron chi connectivity index (χ1n) is 6.73. The summed E-state index contributed by atoms with van der Waals surface area (Å²) in [6.45, 7) is 4.35. The Balaban J connectivity index is 1.47. The van der Waals surface area contributed by atoms with Crippen molar-refractivity contribution in [3.8, 4) is 0 Å². The van der Waals surface area contributed by atoms with Gasteiger partial charge in [0.1, 0.15) is 0 Å². The predicted octanol–water partition coefficient (Wildman–Crippen LogP) is 2.58. The second-order valence-corrected chi connectivity index (χ2v) is 5.23. The maximum absolute atomic E-state index is 5.78. The highest BCUT2D eigenvalue weighted by Gasteiger charge is 2.15. The minimum Gasteiger partial charge on any atom is -0.381 e. The van der Waals surface area contributed by atoms with Gasteiger partial charge >= 0.3 is 0 Å². The highest BCUT2D eigenvalue weighted by molar-refractivity contribution is 4.70. The molecule has 1 atom stereocenters. The number of rotatable bonds is 5. The zero-order chi connectivity index (χ0) is 10.3. The molecule has 1 unspecified atom stereocenters. The van der Waals surface area contributed by atoms with E-state index in [0.717, 1.165) is 25.0 Å². The molecule has 0 radical (unpaired) electrons. The zero-order valence-corrected chi connectivity index (χ0v) is 9.84. The summed E-state index contributed by atoms with van der Waals surface area (Å²) >= 11 is 0. The van der Waals surface area contributed by atoms with Crippen molar-refractivity contribution in [2.45, 2.75) is 44.9 Å². The van der Waals surface area contributed by atoms with Gasteiger partial charge < -0.3 is 10.1 Å². The second kappa shape index (κ2) is 6.49. The van der Waals surface area contributed by atoms with Gasteiger partial charge in [-0.2, -0.15) is 0 Å². The summed E-state index contributed by atoms with van der Waals surface area (Å²) in [5.74, 6) is 1.76. The minimum atomic E-state index is 0.788. The summed E-state index contributed by atoms with van der Waals surface area (Å²) in [4.78, 5) is 0. The molecule has 2 fully saturated rings. The zero-order valence-electron chi connectivity index (χ0n) is 9.84. The molecule has 1 heterocycles. The van der Waals surface area contributed by atoms with Gasteiger partial charge in [-0.3, -0.25) is 0 Å². The molecule has 1 saturated carbocycles. The van der Waals surface area contributed by atoms with Crippen molar-refractivity contribution >= 4 is 0 Å².